The van der Waals surface area contributed by atoms with Crippen LogP contribution >= 0.6 is 0 Å². The molecule has 2 nitrogen and oxygen atoms in total. The van der Waals surface area contributed by atoms with Gasteiger partial charge in [-0.2, -0.15) is 0 Å². The van der Waals surface area contributed by atoms with Crippen LogP contribution in [0.25, 0.3) is 0 Å². The second kappa shape index (κ2) is 3.89. The summed E-state index contributed by atoms with van der Waals surface area (Å²) in [6.45, 7) is 7.23. The summed E-state index contributed by atoms with van der Waals surface area (Å²) in [7, 11) is 0. The highest BCUT2D eigenvalue weighted by Gasteiger charge is 1.81. The lowest BCUT2D eigenvalue weighted by molar-refractivity contribution is 1.22. The van der Waals surface area contributed by atoms with Gasteiger partial charge in [0.15, 0.2) is 0 Å². The first kappa shape index (κ1) is 7.95. The standard InChI is InChI=1S/C7H12N2/c1-4-6(3)9-7(8)5-2/h4-5H,1,8H2,2-3H3/b7-5-,9-6-. The molecule has 0 aliphatic rings. The Morgan fingerprint density at radius 3 is 2.56 bits per heavy atom. The first-order chi connectivity index (χ1) is 4.20. The maximum Gasteiger partial charge on any atom is 0.119 e. The van der Waals surface area contributed by atoms with Gasteiger partial charge in [-0.25, -0.2) is 4.99 Å². The predicted octanol–water partition coefficient (Wildman–Crippen LogP) is 1.45. The molecule has 2 heteroatoms. The predicted molar refractivity (Wildman–Crippen MR) is 41.3 cm³/mol. The van der Waals surface area contributed by atoms with E-state index in [4.69, 9.17) is 5.73 Å². The molecule has 50 valence electrons. The minimum atomic E-state index is 0.535. The number of hydrogen-bond acceptors (Lipinski definition) is 2. The largest absolute Gasteiger partial charge is 0.384 e. The third-order valence-electron chi connectivity index (χ3n) is 0.897. The van der Waals surface area contributed by atoms with Crippen LogP contribution in [-0.4, -0.2) is 5.71 Å². The van der Waals surface area contributed by atoms with Crippen LogP contribution in [-0.2, 0) is 0 Å². The lowest BCUT2D eigenvalue weighted by Gasteiger charge is -1.90. The van der Waals surface area contributed by atoms with E-state index >= 15 is 0 Å². The summed E-state index contributed by atoms with van der Waals surface area (Å²) in [6.07, 6.45) is 3.41. The highest BCUT2D eigenvalue weighted by atomic mass is 14.9. The quantitative estimate of drug-likeness (QED) is 0.556. The summed E-state index contributed by atoms with van der Waals surface area (Å²) in [5.41, 5.74) is 6.21. The second-order valence-electron chi connectivity index (χ2n) is 1.67. The van der Waals surface area contributed by atoms with Crippen molar-refractivity contribution in [2.45, 2.75) is 13.8 Å². The molecule has 0 aromatic carbocycles. The van der Waals surface area contributed by atoms with Crippen LogP contribution in [0.5, 0.6) is 0 Å². The van der Waals surface area contributed by atoms with Crippen molar-refractivity contribution in [2.24, 2.45) is 10.7 Å². The lowest BCUT2D eigenvalue weighted by Crippen LogP contribution is -1.95. The SMILES string of the molecule is C=C/C(C)=N\C(N)=C/C. The van der Waals surface area contributed by atoms with E-state index in [1.54, 1.807) is 12.2 Å². The summed E-state index contributed by atoms with van der Waals surface area (Å²) >= 11 is 0. The molecule has 0 aliphatic carbocycles. The van der Waals surface area contributed by atoms with Gasteiger partial charge in [0, 0.05) is 5.71 Å². The van der Waals surface area contributed by atoms with E-state index in [1.807, 2.05) is 13.8 Å². The van der Waals surface area contributed by atoms with Gasteiger partial charge < -0.3 is 5.73 Å². The van der Waals surface area contributed by atoms with Crippen LogP contribution in [0, 0.1) is 0 Å². The summed E-state index contributed by atoms with van der Waals surface area (Å²) in [6, 6.07) is 0. The molecule has 0 atom stereocenters. The van der Waals surface area contributed by atoms with Crippen molar-refractivity contribution < 1.29 is 0 Å². The summed E-state index contributed by atoms with van der Waals surface area (Å²) < 4.78 is 0. The molecule has 0 spiro atoms. The average Bonchev–Trinajstić information content (AvgIpc) is 1.87. The zero-order chi connectivity index (χ0) is 7.28. The van der Waals surface area contributed by atoms with Crippen molar-refractivity contribution in [1.29, 1.82) is 0 Å². The maximum atomic E-state index is 5.38. The molecule has 0 unspecified atom stereocenters. The van der Waals surface area contributed by atoms with Crippen molar-refractivity contribution in [3.8, 4) is 0 Å². The molecule has 0 radical (unpaired) electrons. The Kier molecular flexibility index (Phi) is 3.44. The molecule has 0 heterocycles. The van der Waals surface area contributed by atoms with E-state index in [0.717, 1.165) is 5.71 Å². The van der Waals surface area contributed by atoms with Crippen LogP contribution in [0.4, 0.5) is 0 Å². The summed E-state index contributed by atoms with van der Waals surface area (Å²) in [4.78, 5) is 3.95. The molecular weight excluding hydrogens is 112 g/mol. The van der Waals surface area contributed by atoms with Gasteiger partial charge in [0.25, 0.3) is 0 Å². The fourth-order valence-corrected chi connectivity index (χ4v) is 0.314. The number of hydrogen-bond donors (Lipinski definition) is 1. The highest BCUT2D eigenvalue weighted by molar-refractivity contribution is 5.92. The van der Waals surface area contributed by atoms with Crippen LogP contribution in [0.15, 0.2) is 29.5 Å². The maximum absolute atomic E-state index is 5.38. The summed E-state index contributed by atoms with van der Waals surface area (Å²) in [5, 5.41) is 0. The van der Waals surface area contributed by atoms with Crippen molar-refractivity contribution in [3.63, 3.8) is 0 Å². The Labute approximate surface area is 55.8 Å². The van der Waals surface area contributed by atoms with E-state index in [9.17, 15) is 0 Å². The molecule has 0 fully saturated rings. The molecule has 0 amide bonds. The Hall–Kier alpha value is -1.05. The topological polar surface area (TPSA) is 38.4 Å². The first-order valence-electron chi connectivity index (χ1n) is 2.80. The Morgan fingerprint density at radius 2 is 2.22 bits per heavy atom. The monoisotopic (exact) mass is 124 g/mol. The number of nitrogens with zero attached hydrogens (tertiary/aromatic N) is 1. The third kappa shape index (κ3) is 3.53. The van der Waals surface area contributed by atoms with Gasteiger partial charge in [-0.1, -0.05) is 6.58 Å². The van der Waals surface area contributed by atoms with E-state index < -0.39 is 0 Å². The van der Waals surface area contributed by atoms with Gasteiger partial charge >= 0.3 is 0 Å². The first-order valence-corrected chi connectivity index (χ1v) is 2.80. The molecule has 0 aromatic rings. The van der Waals surface area contributed by atoms with Crippen molar-refractivity contribution in [3.05, 3.63) is 24.6 Å². The molecule has 0 aliphatic heterocycles. The van der Waals surface area contributed by atoms with Gasteiger partial charge in [0.05, 0.1) is 0 Å². The molecule has 9 heavy (non-hydrogen) atoms. The Bertz CT molecular complexity index is 154. The Balaban J connectivity index is 4.11. The highest BCUT2D eigenvalue weighted by Crippen LogP contribution is 1.87. The minimum absolute atomic E-state index is 0.535. The van der Waals surface area contributed by atoms with Crippen molar-refractivity contribution in [1.82, 2.24) is 0 Å². The summed E-state index contributed by atoms with van der Waals surface area (Å²) in [5.74, 6) is 0.535. The molecule has 0 saturated heterocycles. The van der Waals surface area contributed by atoms with Crippen molar-refractivity contribution >= 4 is 5.71 Å². The number of aliphatic imine (C=N–C) groups is 1. The Morgan fingerprint density at radius 1 is 1.67 bits per heavy atom. The van der Waals surface area contributed by atoms with Gasteiger partial charge in [0.2, 0.25) is 0 Å². The average molecular weight is 124 g/mol. The zero-order valence-corrected chi connectivity index (χ0v) is 5.89. The number of rotatable bonds is 2. The van der Waals surface area contributed by atoms with Crippen LogP contribution in [0.3, 0.4) is 0 Å². The minimum Gasteiger partial charge on any atom is -0.384 e. The molecule has 0 bridgehead atoms. The van der Waals surface area contributed by atoms with Gasteiger partial charge in [-0.15, -0.1) is 0 Å². The van der Waals surface area contributed by atoms with Crippen LogP contribution in [0.1, 0.15) is 13.8 Å². The van der Waals surface area contributed by atoms with Crippen LogP contribution in [0.2, 0.25) is 0 Å². The molecule has 2 N–H and O–H groups in total. The third-order valence-corrected chi connectivity index (χ3v) is 0.897. The van der Waals surface area contributed by atoms with Gasteiger partial charge in [-0.05, 0) is 26.0 Å². The normalized spacial score (nSPS) is 13.6. The van der Waals surface area contributed by atoms with Crippen LogP contribution < -0.4 is 5.73 Å². The fraction of sp³-hybridized carbons (Fsp3) is 0.286. The van der Waals surface area contributed by atoms with E-state index in [-0.39, 0.29) is 0 Å². The fourth-order valence-electron chi connectivity index (χ4n) is 0.314. The van der Waals surface area contributed by atoms with E-state index in [1.165, 1.54) is 0 Å². The lowest BCUT2D eigenvalue weighted by atomic mass is 10.4. The van der Waals surface area contributed by atoms with Gasteiger partial charge in [0.1, 0.15) is 5.82 Å². The van der Waals surface area contributed by atoms with Crippen molar-refractivity contribution in [2.75, 3.05) is 0 Å². The second-order valence-corrected chi connectivity index (χ2v) is 1.67. The molecular formula is C7H12N2. The van der Waals surface area contributed by atoms with Gasteiger partial charge in [-0.3, -0.25) is 0 Å². The number of nitrogens with two attached hydrogens (primary N) is 1. The molecule has 0 saturated carbocycles. The molecule has 0 aromatic heterocycles. The van der Waals surface area contributed by atoms with E-state index in [0.29, 0.717) is 5.82 Å². The number of allylic oxidation sites excluding steroid dienone is 2. The molecule has 0 rings (SSSR count). The zero-order valence-electron chi connectivity index (χ0n) is 5.89. The smallest absolute Gasteiger partial charge is 0.119 e. The van der Waals surface area contributed by atoms with E-state index in [2.05, 4.69) is 11.6 Å².